The lowest BCUT2D eigenvalue weighted by Crippen LogP contribution is -1.78. The number of aryl methyl sites for hydroxylation is 1. The minimum atomic E-state index is 0.837. The van der Waals surface area contributed by atoms with Crippen LogP contribution in [-0.4, -0.2) is 0 Å². The third kappa shape index (κ3) is 1.59. The van der Waals surface area contributed by atoms with Gasteiger partial charge in [0, 0.05) is 21.5 Å². The van der Waals surface area contributed by atoms with Crippen LogP contribution in [0.3, 0.4) is 0 Å². The van der Waals surface area contributed by atoms with Crippen molar-refractivity contribution in [3.05, 3.63) is 72.3 Å². The number of para-hydroxylation sites is 1. The molecule has 2 aromatic heterocycles. The van der Waals surface area contributed by atoms with Crippen LogP contribution in [0.15, 0.2) is 75.6 Å². The van der Waals surface area contributed by atoms with Crippen LogP contribution < -0.4 is 0 Å². The average molecular weight is 322 g/mol. The van der Waals surface area contributed by atoms with Crippen LogP contribution in [0.1, 0.15) is 5.56 Å². The molecule has 0 bridgehead atoms. The van der Waals surface area contributed by atoms with Crippen LogP contribution in [0.2, 0.25) is 0 Å². The lowest BCUT2D eigenvalue weighted by atomic mass is 9.98. The van der Waals surface area contributed by atoms with Crippen molar-refractivity contribution in [2.45, 2.75) is 6.92 Å². The zero-order valence-electron chi connectivity index (χ0n) is 13.7. The Bertz CT molecular complexity index is 1450. The average Bonchev–Trinajstić information content (AvgIpc) is 3.20. The second kappa shape index (κ2) is 4.42. The molecule has 0 fully saturated rings. The van der Waals surface area contributed by atoms with E-state index >= 15 is 0 Å². The Labute approximate surface area is 143 Å². The molecule has 0 radical (unpaired) electrons. The second-order valence-corrected chi connectivity index (χ2v) is 6.65. The highest BCUT2D eigenvalue weighted by atomic mass is 16.4. The van der Waals surface area contributed by atoms with Gasteiger partial charge in [0.2, 0.25) is 0 Å². The summed E-state index contributed by atoms with van der Waals surface area (Å²) in [5.41, 5.74) is 4.70. The summed E-state index contributed by atoms with van der Waals surface area (Å²) < 4.78 is 12.5. The van der Waals surface area contributed by atoms with Gasteiger partial charge in [0.1, 0.15) is 11.2 Å². The molecule has 0 spiro atoms. The van der Waals surface area contributed by atoms with Gasteiger partial charge in [-0.3, -0.25) is 0 Å². The van der Waals surface area contributed by atoms with E-state index in [0.717, 1.165) is 43.9 Å². The topological polar surface area (TPSA) is 26.3 Å². The summed E-state index contributed by atoms with van der Waals surface area (Å²) in [7, 11) is 0. The van der Waals surface area contributed by atoms with Gasteiger partial charge in [-0.05, 0) is 35.9 Å². The van der Waals surface area contributed by atoms with E-state index in [9.17, 15) is 0 Å². The summed E-state index contributed by atoms with van der Waals surface area (Å²) in [6.07, 6.45) is 0. The summed E-state index contributed by atoms with van der Waals surface area (Å²) in [4.78, 5) is 0. The van der Waals surface area contributed by atoms with Gasteiger partial charge in [-0.15, -0.1) is 0 Å². The molecule has 0 N–H and O–H groups in total. The maximum atomic E-state index is 6.26. The molecular formula is C23H14O2. The largest absolute Gasteiger partial charge is 0.452 e. The number of hydrogen-bond acceptors (Lipinski definition) is 2. The van der Waals surface area contributed by atoms with Crippen LogP contribution in [-0.2, 0) is 0 Å². The van der Waals surface area contributed by atoms with Gasteiger partial charge in [-0.2, -0.15) is 0 Å². The zero-order valence-corrected chi connectivity index (χ0v) is 13.7. The summed E-state index contributed by atoms with van der Waals surface area (Å²) in [6.45, 7) is 2.11. The molecule has 6 rings (SSSR count). The predicted octanol–water partition coefficient (Wildman–Crippen LogP) is 6.95. The SMILES string of the molecule is Cc1ccc2oc3c4oc5ccccc5c4c4ccccc4c3c2c1. The van der Waals surface area contributed by atoms with E-state index in [1.807, 2.05) is 18.2 Å². The Kier molecular flexibility index (Phi) is 2.31. The maximum absolute atomic E-state index is 6.26. The third-order valence-corrected chi connectivity index (χ3v) is 5.11. The summed E-state index contributed by atoms with van der Waals surface area (Å²) >= 11 is 0. The van der Waals surface area contributed by atoms with Crippen molar-refractivity contribution in [1.82, 2.24) is 0 Å². The molecule has 0 atom stereocenters. The van der Waals surface area contributed by atoms with E-state index in [0.29, 0.717) is 0 Å². The van der Waals surface area contributed by atoms with Gasteiger partial charge < -0.3 is 8.83 Å². The van der Waals surface area contributed by atoms with Crippen LogP contribution in [0.5, 0.6) is 0 Å². The van der Waals surface area contributed by atoms with Crippen molar-refractivity contribution in [2.75, 3.05) is 0 Å². The first-order chi connectivity index (χ1) is 12.3. The Morgan fingerprint density at radius 1 is 0.560 bits per heavy atom. The molecule has 118 valence electrons. The van der Waals surface area contributed by atoms with Gasteiger partial charge in [-0.1, -0.05) is 54.1 Å². The Morgan fingerprint density at radius 3 is 1.84 bits per heavy atom. The quantitative estimate of drug-likeness (QED) is 0.302. The first-order valence-corrected chi connectivity index (χ1v) is 8.46. The number of hydrogen-bond donors (Lipinski definition) is 0. The zero-order chi connectivity index (χ0) is 16.5. The fourth-order valence-electron chi connectivity index (χ4n) is 4.03. The molecule has 2 nitrogen and oxygen atoms in total. The molecule has 0 saturated carbocycles. The number of benzene rings is 4. The monoisotopic (exact) mass is 322 g/mol. The highest BCUT2D eigenvalue weighted by molar-refractivity contribution is 6.33. The fraction of sp³-hybridized carbons (Fsp3) is 0.0435. The minimum absolute atomic E-state index is 0.837. The van der Waals surface area contributed by atoms with Crippen LogP contribution in [0.4, 0.5) is 0 Å². The lowest BCUT2D eigenvalue weighted by molar-refractivity contribution is 0.633. The molecule has 25 heavy (non-hydrogen) atoms. The summed E-state index contributed by atoms with van der Waals surface area (Å²) in [5.74, 6) is 0. The maximum Gasteiger partial charge on any atom is 0.179 e. The summed E-state index contributed by atoms with van der Waals surface area (Å²) in [6, 6.07) is 23.1. The fourth-order valence-corrected chi connectivity index (χ4v) is 4.03. The third-order valence-electron chi connectivity index (χ3n) is 5.11. The normalized spacial score (nSPS) is 12.2. The number of fused-ring (bicyclic) bond motifs is 10. The minimum Gasteiger partial charge on any atom is -0.452 e. The first-order valence-electron chi connectivity index (χ1n) is 8.46. The molecule has 2 heterocycles. The first kappa shape index (κ1) is 13.1. The number of furan rings is 2. The molecule has 2 heteroatoms. The highest BCUT2D eigenvalue weighted by Crippen LogP contribution is 2.44. The highest BCUT2D eigenvalue weighted by Gasteiger charge is 2.20. The van der Waals surface area contributed by atoms with E-state index in [1.54, 1.807) is 0 Å². The number of rotatable bonds is 0. The molecule has 0 saturated heterocycles. The van der Waals surface area contributed by atoms with Crippen LogP contribution in [0, 0.1) is 6.92 Å². The van der Waals surface area contributed by atoms with Gasteiger partial charge in [0.15, 0.2) is 11.2 Å². The van der Waals surface area contributed by atoms with Gasteiger partial charge in [-0.25, -0.2) is 0 Å². The molecule has 0 amide bonds. The van der Waals surface area contributed by atoms with Crippen molar-refractivity contribution in [3.8, 4) is 0 Å². The molecule has 6 aromatic rings. The Balaban J connectivity index is 2.04. The predicted molar refractivity (Wildman–Crippen MR) is 103 cm³/mol. The summed E-state index contributed by atoms with van der Waals surface area (Å²) in [5, 5.41) is 6.97. The van der Waals surface area contributed by atoms with E-state index < -0.39 is 0 Å². The molecule has 0 aliphatic carbocycles. The van der Waals surface area contributed by atoms with E-state index in [4.69, 9.17) is 8.83 Å². The van der Waals surface area contributed by atoms with Crippen LogP contribution in [0.25, 0.3) is 54.6 Å². The van der Waals surface area contributed by atoms with Crippen molar-refractivity contribution < 1.29 is 8.83 Å². The van der Waals surface area contributed by atoms with Crippen LogP contribution >= 0.6 is 0 Å². The van der Waals surface area contributed by atoms with E-state index in [-0.39, 0.29) is 0 Å². The van der Waals surface area contributed by atoms with Gasteiger partial charge >= 0.3 is 0 Å². The van der Waals surface area contributed by atoms with Crippen molar-refractivity contribution in [2.24, 2.45) is 0 Å². The molecule has 0 unspecified atom stereocenters. The Morgan fingerprint density at radius 2 is 1.12 bits per heavy atom. The van der Waals surface area contributed by atoms with Gasteiger partial charge in [0.25, 0.3) is 0 Å². The molecule has 4 aromatic carbocycles. The smallest absolute Gasteiger partial charge is 0.179 e. The van der Waals surface area contributed by atoms with Gasteiger partial charge in [0.05, 0.1) is 0 Å². The van der Waals surface area contributed by atoms with E-state index in [2.05, 4.69) is 55.5 Å². The van der Waals surface area contributed by atoms with E-state index in [1.165, 1.54) is 16.3 Å². The Hall–Kier alpha value is -3.26. The standard InChI is InChI=1S/C23H14O2/c1-13-10-11-19-17(12-13)21-15-7-3-2-6-14(15)20-16-8-4-5-9-18(16)24-22(20)23(21)25-19/h2-12H,1H3. The molecular weight excluding hydrogens is 308 g/mol. The lowest BCUT2D eigenvalue weighted by Gasteiger charge is -2.02. The van der Waals surface area contributed by atoms with Crippen molar-refractivity contribution >= 4 is 54.6 Å². The molecule has 0 aliphatic heterocycles. The van der Waals surface area contributed by atoms with Crippen molar-refractivity contribution in [1.29, 1.82) is 0 Å². The molecule has 0 aliphatic rings. The van der Waals surface area contributed by atoms with Crippen molar-refractivity contribution in [3.63, 3.8) is 0 Å². The second-order valence-electron chi connectivity index (χ2n) is 6.65.